The number of halogens is 3. The fourth-order valence-corrected chi connectivity index (χ4v) is 5.84. The molecule has 3 N–H and O–H groups in total. The minimum Gasteiger partial charge on any atom is -0.399 e. The van der Waals surface area contributed by atoms with Gasteiger partial charge in [-0.15, -0.1) is 0 Å². The average Bonchev–Trinajstić information content (AvgIpc) is 2.31. The lowest BCUT2D eigenvalue weighted by atomic mass is 10.2. The smallest absolute Gasteiger partial charge is 0.264 e. The molecule has 0 saturated heterocycles. The highest BCUT2D eigenvalue weighted by molar-refractivity contribution is 9.11. The van der Waals surface area contributed by atoms with Gasteiger partial charge in [-0.1, -0.05) is 22.0 Å². The lowest BCUT2D eigenvalue weighted by Crippen LogP contribution is -2.15. The van der Waals surface area contributed by atoms with Gasteiger partial charge in [0.2, 0.25) is 0 Å². The van der Waals surface area contributed by atoms with Gasteiger partial charge in [-0.3, -0.25) is 4.72 Å². The molecule has 0 fully saturated rings. The van der Waals surface area contributed by atoms with Crippen LogP contribution in [0.25, 0.3) is 0 Å². The number of nitrogen functional groups attached to an aromatic ring is 1. The summed E-state index contributed by atoms with van der Waals surface area (Å²) in [5.41, 5.74) is 7.49. The Bertz CT molecular complexity index is 784. The monoisotopic (exact) mass is 496 g/mol. The van der Waals surface area contributed by atoms with E-state index >= 15 is 0 Å². The number of benzene rings is 2. The zero-order chi connectivity index (χ0) is 15.8. The molecule has 0 aliphatic rings. The van der Waals surface area contributed by atoms with Crippen LogP contribution in [-0.4, -0.2) is 8.42 Å². The first-order valence-corrected chi connectivity index (χ1v) is 9.60. The Kier molecular flexibility index (Phi) is 5.02. The summed E-state index contributed by atoms with van der Waals surface area (Å²) in [6.07, 6.45) is 0. The van der Waals surface area contributed by atoms with Crippen molar-refractivity contribution in [3.8, 4) is 0 Å². The fraction of sp³-hybridized carbons (Fsp3) is 0.0769. The summed E-state index contributed by atoms with van der Waals surface area (Å²) in [6, 6.07) is 8.49. The van der Waals surface area contributed by atoms with Crippen molar-refractivity contribution < 1.29 is 8.42 Å². The standard InChI is InChI=1S/C13H11Br3N2O2S/c1-7-2-3-8(14)4-12(7)18-21(19,20)13-10(15)5-9(17)6-11(13)16/h2-6,18H,17H2,1H3. The van der Waals surface area contributed by atoms with Gasteiger partial charge in [0.1, 0.15) is 4.90 Å². The van der Waals surface area contributed by atoms with E-state index < -0.39 is 10.0 Å². The van der Waals surface area contributed by atoms with Crippen LogP contribution in [0, 0.1) is 6.92 Å². The number of nitrogens with two attached hydrogens (primary N) is 1. The Morgan fingerprint density at radius 1 is 1.05 bits per heavy atom. The molecule has 0 amide bonds. The van der Waals surface area contributed by atoms with E-state index in [2.05, 4.69) is 52.5 Å². The molecule has 0 unspecified atom stereocenters. The maximum absolute atomic E-state index is 12.6. The number of hydrogen-bond donors (Lipinski definition) is 2. The Hall–Kier alpha value is -0.570. The van der Waals surface area contributed by atoms with Crippen LogP contribution in [0.1, 0.15) is 5.56 Å². The molecule has 0 heterocycles. The SMILES string of the molecule is Cc1ccc(Br)cc1NS(=O)(=O)c1c(Br)cc(N)cc1Br. The predicted molar refractivity (Wildman–Crippen MR) is 95.9 cm³/mol. The van der Waals surface area contributed by atoms with E-state index in [1.807, 2.05) is 19.1 Å². The van der Waals surface area contributed by atoms with Crippen LogP contribution in [0.4, 0.5) is 11.4 Å². The van der Waals surface area contributed by atoms with E-state index in [9.17, 15) is 8.42 Å². The minimum atomic E-state index is -3.75. The summed E-state index contributed by atoms with van der Waals surface area (Å²) in [6.45, 7) is 1.83. The maximum Gasteiger partial charge on any atom is 0.264 e. The van der Waals surface area contributed by atoms with Gasteiger partial charge in [0.15, 0.2) is 0 Å². The summed E-state index contributed by atoms with van der Waals surface area (Å²) < 4.78 is 29.4. The molecule has 2 rings (SSSR count). The second kappa shape index (κ2) is 6.28. The van der Waals surface area contributed by atoms with Gasteiger partial charge < -0.3 is 5.73 Å². The number of sulfonamides is 1. The van der Waals surface area contributed by atoms with E-state index in [1.54, 1.807) is 18.2 Å². The molecule has 21 heavy (non-hydrogen) atoms. The van der Waals surface area contributed by atoms with Crippen molar-refractivity contribution in [2.45, 2.75) is 11.8 Å². The molecular weight excluding hydrogens is 488 g/mol. The third kappa shape index (κ3) is 3.80. The van der Waals surface area contributed by atoms with E-state index in [4.69, 9.17) is 5.73 Å². The highest BCUT2D eigenvalue weighted by Crippen LogP contribution is 2.34. The van der Waals surface area contributed by atoms with Crippen LogP contribution in [0.3, 0.4) is 0 Å². The summed E-state index contributed by atoms with van der Waals surface area (Å²) in [5.74, 6) is 0. The normalized spacial score (nSPS) is 11.4. The fourth-order valence-electron chi connectivity index (χ4n) is 1.74. The zero-order valence-corrected chi connectivity index (χ0v) is 16.4. The Morgan fingerprint density at radius 3 is 2.19 bits per heavy atom. The van der Waals surface area contributed by atoms with E-state index in [0.29, 0.717) is 20.3 Å². The van der Waals surface area contributed by atoms with Gasteiger partial charge in [0.25, 0.3) is 10.0 Å². The molecule has 2 aromatic rings. The molecule has 0 spiro atoms. The van der Waals surface area contributed by atoms with Gasteiger partial charge in [-0.25, -0.2) is 8.42 Å². The van der Waals surface area contributed by atoms with Crippen molar-refractivity contribution in [3.63, 3.8) is 0 Å². The van der Waals surface area contributed by atoms with Crippen molar-refractivity contribution in [1.29, 1.82) is 0 Å². The van der Waals surface area contributed by atoms with Gasteiger partial charge in [-0.2, -0.15) is 0 Å². The number of anilines is 2. The van der Waals surface area contributed by atoms with Crippen LogP contribution in [-0.2, 0) is 10.0 Å². The molecule has 0 atom stereocenters. The van der Waals surface area contributed by atoms with Crippen molar-refractivity contribution in [3.05, 3.63) is 49.3 Å². The van der Waals surface area contributed by atoms with Gasteiger partial charge in [-0.05, 0) is 68.6 Å². The van der Waals surface area contributed by atoms with Crippen molar-refractivity contribution in [2.75, 3.05) is 10.5 Å². The molecular formula is C13H11Br3N2O2S. The summed E-state index contributed by atoms with van der Waals surface area (Å²) in [5, 5.41) is 0. The first-order valence-electron chi connectivity index (χ1n) is 5.74. The number of nitrogens with one attached hydrogen (secondary N) is 1. The molecule has 4 nitrogen and oxygen atoms in total. The zero-order valence-electron chi connectivity index (χ0n) is 10.8. The number of aryl methyl sites for hydroxylation is 1. The Balaban J connectivity index is 2.51. The second-order valence-electron chi connectivity index (χ2n) is 4.38. The first kappa shape index (κ1) is 16.8. The Morgan fingerprint density at radius 2 is 1.62 bits per heavy atom. The number of hydrogen-bond acceptors (Lipinski definition) is 3. The highest BCUT2D eigenvalue weighted by Gasteiger charge is 2.22. The van der Waals surface area contributed by atoms with Gasteiger partial charge in [0.05, 0.1) is 5.69 Å². The van der Waals surface area contributed by atoms with Crippen molar-refractivity contribution >= 4 is 69.2 Å². The lowest BCUT2D eigenvalue weighted by molar-refractivity contribution is 0.600. The third-order valence-electron chi connectivity index (χ3n) is 2.73. The van der Waals surface area contributed by atoms with Crippen LogP contribution in [0.15, 0.2) is 48.6 Å². The van der Waals surface area contributed by atoms with E-state index in [0.717, 1.165) is 10.0 Å². The summed E-state index contributed by atoms with van der Waals surface area (Å²) in [4.78, 5) is 0.107. The van der Waals surface area contributed by atoms with Crippen LogP contribution >= 0.6 is 47.8 Å². The third-order valence-corrected chi connectivity index (χ3v) is 6.47. The summed E-state index contributed by atoms with van der Waals surface area (Å²) in [7, 11) is -3.75. The van der Waals surface area contributed by atoms with E-state index in [1.165, 1.54) is 0 Å². The van der Waals surface area contributed by atoms with Gasteiger partial charge in [0, 0.05) is 19.1 Å². The molecule has 0 saturated carbocycles. The molecule has 0 aromatic heterocycles. The average molecular weight is 499 g/mol. The van der Waals surface area contributed by atoms with E-state index in [-0.39, 0.29) is 4.90 Å². The molecule has 0 bridgehead atoms. The van der Waals surface area contributed by atoms with Crippen molar-refractivity contribution in [2.24, 2.45) is 0 Å². The quantitative estimate of drug-likeness (QED) is 0.604. The number of rotatable bonds is 3. The molecule has 0 aliphatic heterocycles. The molecule has 0 radical (unpaired) electrons. The lowest BCUT2D eigenvalue weighted by Gasteiger charge is -2.14. The highest BCUT2D eigenvalue weighted by atomic mass is 79.9. The Labute approximate surface area is 148 Å². The topological polar surface area (TPSA) is 72.2 Å². The van der Waals surface area contributed by atoms with Crippen LogP contribution in [0.2, 0.25) is 0 Å². The summed E-state index contributed by atoms with van der Waals surface area (Å²) >= 11 is 9.81. The van der Waals surface area contributed by atoms with Crippen LogP contribution in [0.5, 0.6) is 0 Å². The molecule has 0 aliphatic carbocycles. The maximum atomic E-state index is 12.6. The molecule has 2 aromatic carbocycles. The molecule has 8 heteroatoms. The largest absolute Gasteiger partial charge is 0.399 e. The predicted octanol–water partition coefficient (Wildman–Crippen LogP) is 4.67. The van der Waals surface area contributed by atoms with Crippen LogP contribution < -0.4 is 10.5 Å². The first-order chi connectivity index (χ1) is 9.70. The van der Waals surface area contributed by atoms with Gasteiger partial charge >= 0.3 is 0 Å². The second-order valence-corrected chi connectivity index (χ2v) is 8.62. The molecule has 112 valence electrons. The minimum absolute atomic E-state index is 0.107. The van der Waals surface area contributed by atoms with Crippen molar-refractivity contribution in [1.82, 2.24) is 0 Å².